The zero-order chi connectivity index (χ0) is 20.4. The fraction of sp³-hybridized carbons (Fsp3) is 0.143. The summed E-state index contributed by atoms with van der Waals surface area (Å²) in [4.78, 5) is 36.6. The SMILES string of the molecule is COC(=O)c1ccc(NC(=O)C2CC(=O)Nc3c(-c4ccccc4)cnn32)cc1. The Morgan fingerprint density at radius 1 is 1.14 bits per heavy atom. The van der Waals surface area contributed by atoms with E-state index < -0.39 is 12.0 Å². The smallest absolute Gasteiger partial charge is 0.337 e. The number of esters is 1. The summed E-state index contributed by atoms with van der Waals surface area (Å²) in [6.45, 7) is 0. The summed E-state index contributed by atoms with van der Waals surface area (Å²) in [5.41, 5.74) is 2.53. The van der Waals surface area contributed by atoms with Crippen LogP contribution in [0.4, 0.5) is 11.5 Å². The maximum Gasteiger partial charge on any atom is 0.337 e. The van der Waals surface area contributed by atoms with Crippen LogP contribution in [0, 0.1) is 0 Å². The largest absolute Gasteiger partial charge is 0.465 e. The van der Waals surface area contributed by atoms with E-state index >= 15 is 0 Å². The molecule has 0 radical (unpaired) electrons. The third kappa shape index (κ3) is 3.60. The average Bonchev–Trinajstić information content (AvgIpc) is 3.17. The molecule has 1 unspecified atom stereocenters. The second kappa shape index (κ2) is 7.59. The van der Waals surface area contributed by atoms with Crippen molar-refractivity contribution in [3.05, 3.63) is 66.4 Å². The lowest BCUT2D eigenvalue weighted by atomic mass is 10.1. The summed E-state index contributed by atoms with van der Waals surface area (Å²) in [7, 11) is 1.30. The third-order valence-corrected chi connectivity index (χ3v) is 4.69. The average molecular weight is 390 g/mol. The number of rotatable bonds is 4. The summed E-state index contributed by atoms with van der Waals surface area (Å²) in [6, 6.07) is 15.1. The summed E-state index contributed by atoms with van der Waals surface area (Å²) in [5.74, 6) is -0.582. The zero-order valence-electron chi connectivity index (χ0n) is 15.6. The number of carbonyl (C=O) groups excluding carboxylic acids is 3. The van der Waals surface area contributed by atoms with Gasteiger partial charge in [0, 0.05) is 11.3 Å². The fourth-order valence-electron chi connectivity index (χ4n) is 3.23. The molecule has 0 bridgehead atoms. The van der Waals surface area contributed by atoms with Crippen LogP contribution in [0.3, 0.4) is 0 Å². The van der Waals surface area contributed by atoms with E-state index in [2.05, 4.69) is 20.5 Å². The Morgan fingerprint density at radius 3 is 2.55 bits per heavy atom. The van der Waals surface area contributed by atoms with Crippen molar-refractivity contribution in [2.24, 2.45) is 0 Å². The van der Waals surface area contributed by atoms with Crippen molar-refractivity contribution in [3.63, 3.8) is 0 Å². The number of hydrogen-bond acceptors (Lipinski definition) is 5. The molecule has 2 amide bonds. The summed E-state index contributed by atoms with van der Waals surface area (Å²) < 4.78 is 6.19. The number of fused-ring (bicyclic) bond motifs is 1. The Morgan fingerprint density at radius 2 is 1.86 bits per heavy atom. The molecular weight excluding hydrogens is 372 g/mol. The van der Waals surface area contributed by atoms with Gasteiger partial charge in [-0.3, -0.25) is 9.59 Å². The fourth-order valence-corrected chi connectivity index (χ4v) is 3.23. The van der Waals surface area contributed by atoms with Crippen molar-refractivity contribution in [3.8, 4) is 11.1 Å². The van der Waals surface area contributed by atoms with Crippen molar-refractivity contribution in [2.45, 2.75) is 12.5 Å². The molecular formula is C21H18N4O4. The van der Waals surface area contributed by atoms with Gasteiger partial charge in [-0.2, -0.15) is 5.10 Å². The monoisotopic (exact) mass is 390 g/mol. The second-order valence-electron chi connectivity index (χ2n) is 6.54. The Balaban J connectivity index is 1.58. The molecule has 2 heterocycles. The highest BCUT2D eigenvalue weighted by Gasteiger charge is 2.33. The molecule has 0 aliphatic carbocycles. The number of anilines is 2. The number of hydrogen-bond donors (Lipinski definition) is 2. The minimum atomic E-state index is -0.781. The number of nitrogens with one attached hydrogen (secondary N) is 2. The van der Waals surface area contributed by atoms with Crippen molar-refractivity contribution >= 4 is 29.3 Å². The van der Waals surface area contributed by atoms with E-state index in [-0.39, 0.29) is 18.2 Å². The number of carbonyl (C=O) groups is 3. The summed E-state index contributed by atoms with van der Waals surface area (Å²) >= 11 is 0. The maximum absolute atomic E-state index is 12.9. The van der Waals surface area contributed by atoms with E-state index in [1.165, 1.54) is 11.8 Å². The molecule has 0 saturated heterocycles. The van der Waals surface area contributed by atoms with Gasteiger partial charge in [-0.05, 0) is 29.8 Å². The topological polar surface area (TPSA) is 102 Å². The van der Waals surface area contributed by atoms with Gasteiger partial charge in [-0.15, -0.1) is 0 Å². The van der Waals surface area contributed by atoms with Crippen molar-refractivity contribution in [1.29, 1.82) is 0 Å². The standard InChI is InChI=1S/C21H18N4O4/c1-29-21(28)14-7-9-15(10-8-14)23-20(27)17-11-18(26)24-19-16(12-22-25(17)19)13-5-3-2-4-6-13/h2-10,12,17H,11H2,1H3,(H,23,27)(H,24,26). The normalized spacial score (nSPS) is 15.2. The highest BCUT2D eigenvalue weighted by molar-refractivity contribution is 6.03. The van der Waals surface area contributed by atoms with Crippen LogP contribution in [0.1, 0.15) is 22.8 Å². The van der Waals surface area contributed by atoms with Crippen molar-refractivity contribution in [1.82, 2.24) is 9.78 Å². The van der Waals surface area contributed by atoms with Gasteiger partial charge in [0.1, 0.15) is 11.9 Å². The molecule has 0 fully saturated rings. The van der Waals surface area contributed by atoms with E-state index in [0.717, 1.165) is 11.1 Å². The molecule has 1 atom stereocenters. The Labute approximate surface area is 166 Å². The van der Waals surface area contributed by atoms with Crippen LogP contribution in [0.15, 0.2) is 60.8 Å². The van der Waals surface area contributed by atoms with E-state index in [9.17, 15) is 14.4 Å². The number of methoxy groups -OCH3 is 1. The first kappa shape index (κ1) is 18.4. The van der Waals surface area contributed by atoms with Crippen LogP contribution in [0.2, 0.25) is 0 Å². The zero-order valence-corrected chi connectivity index (χ0v) is 15.6. The number of benzene rings is 2. The van der Waals surface area contributed by atoms with Gasteiger partial charge < -0.3 is 15.4 Å². The predicted octanol–water partition coefficient (Wildman–Crippen LogP) is 2.86. The lowest BCUT2D eigenvalue weighted by Crippen LogP contribution is -2.35. The Kier molecular flexibility index (Phi) is 4.82. The molecule has 29 heavy (non-hydrogen) atoms. The molecule has 1 aromatic heterocycles. The molecule has 1 aliphatic heterocycles. The van der Waals surface area contributed by atoms with Gasteiger partial charge in [-0.1, -0.05) is 30.3 Å². The van der Waals surface area contributed by atoms with Crippen molar-refractivity contribution in [2.75, 3.05) is 17.7 Å². The molecule has 0 saturated carbocycles. The molecule has 1 aliphatic rings. The Hall–Kier alpha value is -3.94. The number of nitrogens with zero attached hydrogens (tertiary/aromatic N) is 2. The molecule has 8 heteroatoms. The number of aromatic nitrogens is 2. The molecule has 4 rings (SSSR count). The second-order valence-corrected chi connectivity index (χ2v) is 6.54. The van der Waals surface area contributed by atoms with E-state index in [1.807, 2.05) is 30.3 Å². The van der Waals surface area contributed by atoms with E-state index in [1.54, 1.807) is 30.5 Å². The van der Waals surface area contributed by atoms with E-state index in [4.69, 9.17) is 0 Å². The molecule has 2 N–H and O–H groups in total. The van der Waals surface area contributed by atoms with Crippen LogP contribution in [0.25, 0.3) is 11.1 Å². The third-order valence-electron chi connectivity index (χ3n) is 4.69. The van der Waals surface area contributed by atoms with Gasteiger partial charge in [0.2, 0.25) is 11.8 Å². The number of amides is 2. The van der Waals surface area contributed by atoms with Gasteiger partial charge in [0.05, 0.1) is 25.3 Å². The first-order valence-electron chi connectivity index (χ1n) is 8.99. The Bertz CT molecular complexity index is 1070. The van der Waals surface area contributed by atoms with Crippen LogP contribution in [0.5, 0.6) is 0 Å². The van der Waals surface area contributed by atoms with Gasteiger partial charge >= 0.3 is 5.97 Å². The van der Waals surface area contributed by atoms with Gasteiger partial charge in [-0.25, -0.2) is 9.48 Å². The van der Waals surface area contributed by atoms with Crippen molar-refractivity contribution < 1.29 is 19.1 Å². The van der Waals surface area contributed by atoms with Crippen LogP contribution in [-0.2, 0) is 14.3 Å². The van der Waals surface area contributed by atoms with Crippen LogP contribution < -0.4 is 10.6 Å². The minimum absolute atomic E-state index is 0.0189. The van der Waals surface area contributed by atoms with E-state index in [0.29, 0.717) is 17.1 Å². The highest BCUT2D eigenvalue weighted by atomic mass is 16.5. The quantitative estimate of drug-likeness (QED) is 0.667. The molecule has 3 aromatic rings. The minimum Gasteiger partial charge on any atom is -0.465 e. The first-order chi connectivity index (χ1) is 14.1. The first-order valence-corrected chi connectivity index (χ1v) is 8.99. The van der Waals surface area contributed by atoms with Gasteiger partial charge in [0.25, 0.3) is 0 Å². The van der Waals surface area contributed by atoms with Gasteiger partial charge in [0.15, 0.2) is 0 Å². The maximum atomic E-state index is 12.9. The number of ether oxygens (including phenoxy) is 1. The lowest BCUT2D eigenvalue weighted by molar-refractivity contribution is -0.125. The molecule has 8 nitrogen and oxygen atoms in total. The molecule has 2 aromatic carbocycles. The summed E-state index contributed by atoms with van der Waals surface area (Å²) in [6.07, 6.45) is 1.62. The highest BCUT2D eigenvalue weighted by Crippen LogP contribution is 2.34. The van der Waals surface area contributed by atoms with Crippen LogP contribution >= 0.6 is 0 Å². The molecule has 0 spiro atoms. The summed E-state index contributed by atoms with van der Waals surface area (Å²) in [5, 5.41) is 9.93. The lowest BCUT2D eigenvalue weighted by Gasteiger charge is -2.24. The van der Waals surface area contributed by atoms with Crippen LogP contribution in [-0.4, -0.2) is 34.7 Å². The molecule has 146 valence electrons. The predicted molar refractivity (Wildman–Crippen MR) is 106 cm³/mol.